The molecule has 0 saturated carbocycles. The van der Waals surface area contributed by atoms with Crippen LogP contribution in [0, 0.1) is 0 Å². The number of benzene rings is 2. The summed E-state index contributed by atoms with van der Waals surface area (Å²) in [7, 11) is 0. The highest BCUT2D eigenvalue weighted by molar-refractivity contribution is 9.10. The third-order valence-electron chi connectivity index (χ3n) is 4.82. The number of piperazine rings is 1. The number of alkyl halides is 3. The molecule has 0 aliphatic carbocycles. The van der Waals surface area contributed by atoms with Crippen LogP contribution in [0.15, 0.2) is 57.5 Å². The molecule has 3 aromatic rings. The summed E-state index contributed by atoms with van der Waals surface area (Å²) in [6.07, 6.45) is -4.33. The first-order valence-electron chi connectivity index (χ1n) is 9.11. The predicted molar refractivity (Wildman–Crippen MR) is 106 cm³/mol. The van der Waals surface area contributed by atoms with Gasteiger partial charge in [0.05, 0.1) is 12.1 Å². The molecule has 0 N–H and O–H groups in total. The maximum Gasteiger partial charge on any atom is 0.416 e. The largest absolute Gasteiger partial charge is 0.416 e. The highest BCUT2D eigenvalue weighted by Crippen LogP contribution is 2.32. The second-order valence-electron chi connectivity index (χ2n) is 6.83. The smallest absolute Gasteiger partial charge is 0.369 e. The standard InChI is InChI=1S/C20H18BrF3N4O/c21-16-5-1-3-14(11-16)19-25-18(29-26-19)13-27-7-9-28(10-8-27)17-6-2-4-15(12-17)20(22,23)24/h1-6,11-12H,7-10,13H2. The van der Waals surface area contributed by atoms with Gasteiger partial charge in [0.1, 0.15) is 0 Å². The first-order chi connectivity index (χ1) is 13.9. The van der Waals surface area contributed by atoms with E-state index in [0.717, 1.165) is 16.1 Å². The molecule has 4 rings (SSSR count). The Labute approximate surface area is 174 Å². The average molecular weight is 467 g/mol. The Morgan fingerprint density at radius 3 is 2.48 bits per heavy atom. The van der Waals surface area contributed by atoms with Crippen molar-refractivity contribution in [3.63, 3.8) is 0 Å². The van der Waals surface area contributed by atoms with Crippen molar-refractivity contribution in [2.24, 2.45) is 0 Å². The van der Waals surface area contributed by atoms with Crippen molar-refractivity contribution < 1.29 is 17.7 Å². The van der Waals surface area contributed by atoms with Crippen molar-refractivity contribution in [3.8, 4) is 11.4 Å². The van der Waals surface area contributed by atoms with Crippen LogP contribution in [-0.4, -0.2) is 41.2 Å². The zero-order valence-electron chi connectivity index (χ0n) is 15.4. The molecular formula is C20H18BrF3N4O. The summed E-state index contributed by atoms with van der Waals surface area (Å²) in [5.41, 5.74) is 0.835. The van der Waals surface area contributed by atoms with E-state index in [1.54, 1.807) is 6.07 Å². The van der Waals surface area contributed by atoms with E-state index in [4.69, 9.17) is 4.52 Å². The lowest BCUT2D eigenvalue weighted by Gasteiger charge is -2.35. The summed E-state index contributed by atoms with van der Waals surface area (Å²) in [6.45, 7) is 3.18. The molecule has 9 heteroatoms. The summed E-state index contributed by atoms with van der Waals surface area (Å²) >= 11 is 3.42. The Bertz CT molecular complexity index is 984. The molecule has 2 heterocycles. The van der Waals surface area contributed by atoms with Crippen LogP contribution in [0.25, 0.3) is 11.4 Å². The first kappa shape index (κ1) is 19.9. The van der Waals surface area contributed by atoms with Gasteiger partial charge < -0.3 is 9.42 Å². The van der Waals surface area contributed by atoms with E-state index in [-0.39, 0.29) is 0 Å². The van der Waals surface area contributed by atoms with Gasteiger partial charge in [-0.3, -0.25) is 4.90 Å². The van der Waals surface area contributed by atoms with E-state index in [2.05, 4.69) is 31.0 Å². The fourth-order valence-electron chi connectivity index (χ4n) is 3.30. The molecule has 1 saturated heterocycles. The number of hydrogen-bond donors (Lipinski definition) is 0. The van der Waals surface area contributed by atoms with Gasteiger partial charge in [-0.2, -0.15) is 18.2 Å². The lowest BCUT2D eigenvalue weighted by Crippen LogP contribution is -2.46. The molecule has 0 spiro atoms. The number of nitrogens with zero attached hydrogens (tertiary/aromatic N) is 4. The predicted octanol–water partition coefficient (Wildman–Crippen LogP) is 4.84. The maximum absolute atomic E-state index is 12.9. The molecule has 0 radical (unpaired) electrons. The van der Waals surface area contributed by atoms with Gasteiger partial charge in [-0.1, -0.05) is 39.3 Å². The van der Waals surface area contributed by atoms with Gasteiger partial charge in [0.15, 0.2) is 0 Å². The Morgan fingerprint density at radius 2 is 1.76 bits per heavy atom. The number of hydrogen-bond acceptors (Lipinski definition) is 5. The van der Waals surface area contributed by atoms with Crippen LogP contribution < -0.4 is 4.90 Å². The molecule has 1 aromatic heterocycles. The third kappa shape index (κ3) is 4.79. The van der Waals surface area contributed by atoms with Crippen molar-refractivity contribution in [2.75, 3.05) is 31.1 Å². The van der Waals surface area contributed by atoms with Crippen LogP contribution in [0.2, 0.25) is 0 Å². The van der Waals surface area contributed by atoms with Crippen LogP contribution in [0.1, 0.15) is 11.5 Å². The molecule has 2 aromatic carbocycles. The van der Waals surface area contributed by atoms with Gasteiger partial charge >= 0.3 is 6.18 Å². The molecule has 0 amide bonds. The van der Waals surface area contributed by atoms with Crippen molar-refractivity contribution in [3.05, 3.63) is 64.5 Å². The number of anilines is 1. The Balaban J connectivity index is 1.36. The summed E-state index contributed by atoms with van der Waals surface area (Å²) in [5.74, 6) is 1.05. The van der Waals surface area contributed by atoms with Crippen molar-refractivity contribution in [2.45, 2.75) is 12.7 Å². The third-order valence-corrected chi connectivity index (χ3v) is 5.31. The maximum atomic E-state index is 12.9. The zero-order valence-corrected chi connectivity index (χ0v) is 16.9. The molecule has 0 unspecified atom stereocenters. The minimum absolute atomic E-state index is 0.511. The fourth-order valence-corrected chi connectivity index (χ4v) is 3.70. The van der Waals surface area contributed by atoms with Gasteiger partial charge in [0.2, 0.25) is 11.7 Å². The monoisotopic (exact) mass is 466 g/mol. The molecule has 1 aliphatic rings. The van der Waals surface area contributed by atoms with E-state index in [9.17, 15) is 13.2 Å². The molecule has 0 bridgehead atoms. The topological polar surface area (TPSA) is 45.4 Å². The molecule has 29 heavy (non-hydrogen) atoms. The molecule has 1 aliphatic heterocycles. The number of halogens is 4. The average Bonchev–Trinajstić information content (AvgIpc) is 3.17. The highest BCUT2D eigenvalue weighted by Gasteiger charge is 2.31. The minimum atomic E-state index is -4.33. The molecule has 152 valence electrons. The Morgan fingerprint density at radius 1 is 1.00 bits per heavy atom. The van der Waals surface area contributed by atoms with E-state index in [1.807, 2.05) is 29.2 Å². The SMILES string of the molecule is FC(F)(F)c1cccc(N2CCN(Cc3nc(-c4cccc(Br)c4)no3)CC2)c1. The zero-order chi connectivity index (χ0) is 20.4. The quantitative estimate of drug-likeness (QED) is 0.550. The molecule has 1 fully saturated rings. The fraction of sp³-hybridized carbons (Fsp3) is 0.300. The van der Waals surface area contributed by atoms with Gasteiger partial charge in [-0.05, 0) is 30.3 Å². The van der Waals surface area contributed by atoms with Crippen molar-refractivity contribution in [1.29, 1.82) is 0 Å². The summed E-state index contributed by atoms with van der Waals surface area (Å²) < 4.78 is 45.1. The summed E-state index contributed by atoms with van der Waals surface area (Å²) in [6, 6.07) is 13.1. The van der Waals surface area contributed by atoms with Crippen LogP contribution in [0.4, 0.5) is 18.9 Å². The van der Waals surface area contributed by atoms with E-state index in [1.165, 1.54) is 12.1 Å². The van der Waals surface area contributed by atoms with E-state index >= 15 is 0 Å². The second kappa shape index (κ2) is 8.16. The summed E-state index contributed by atoms with van der Waals surface area (Å²) in [5, 5.41) is 4.04. The second-order valence-corrected chi connectivity index (χ2v) is 7.75. The van der Waals surface area contributed by atoms with Crippen LogP contribution >= 0.6 is 15.9 Å². The first-order valence-corrected chi connectivity index (χ1v) is 9.91. The van der Waals surface area contributed by atoms with Gasteiger partial charge in [0, 0.05) is 41.9 Å². The Hall–Kier alpha value is -2.39. The normalized spacial score (nSPS) is 15.7. The Kier molecular flexibility index (Phi) is 5.60. The summed E-state index contributed by atoms with van der Waals surface area (Å²) in [4.78, 5) is 8.57. The number of rotatable bonds is 4. The molecule has 5 nitrogen and oxygen atoms in total. The molecule has 0 atom stereocenters. The number of aromatic nitrogens is 2. The van der Waals surface area contributed by atoms with Crippen molar-refractivity contribution >= 4 is 21.6 Å². The van der Waals surface area contributed by atoms with Gasteiger partial charge in [-0.25, -0.2) is 0 Å². The minimum Gasteiger partial charge on any atom is -0.369 e. The van der Waals surface area contributed by atoms with E-state index in [0.29, 0.717) is 50.1 Å². The lowest BCUT2D eigenvalue weighted by atomic mass is 10.1. The van der Waals surface area contributed by atoms with Crippen LogP contribution in [-0.2, 0) is 12.7 Å². The highest BCUT2D eigenvalue weighted by atomic mass is 79.9. The van der Waals surface area contributed by atoms with E-state index < -0.39 is 11.7 Å². The van der Waals surface area contributed by atoms with Crippen molar-refractivity contribution in [1.82, 2.24) is 15.0 Å². The van der Waals surface area contributed by atoms with Gasteiger partial charge in [-0.15, -0.1) is 0 Å². The van der Waals surface area contributed by atoms with Crippen LogP contribution in [0.3, 0.4) is 0 Å². The molecular weight excluding hydrogens is 449 g/mol. The van der Waals surface area contributed by atoms with Gasteiger partial charge in [0.25, 0.3) is 0 Å². The lowest BCUT2D eigenvalue weighted by molar-refractivity contribution is -0.137. The van der Waals surface area contributed by atoms with Crippen LogP contribution in [0.5, 0.6) is 0 Å².